The Morgan fingerprint density at radius 3 is 2.31 bits per heavy atom. The van der Waals surface area contributed by atoms with Gasteiger partial charge in [-0.3, -0.25) is 4.98 Å². The number of hydrogen-bond donors (Lipinski definition) is 1. The van der Waals surface area contributed by atoms with E-state index < -0.39 is 29.4 Å². The highest BCUT2D eigenvalue weighted by molar-refractivity contribution is 5.29. The van der Waals surface area contributed by atoms with Crippen LogP contribution >= 0.6 is 0 Å². The minimum Gasteiger partial charge on any atom is -0.316 e. The number of halogens is 5. The van der Waals surface area contributed by atoms with Gasteiger partial charge in [-0.15, -0.1) is 0 Å². The summed E-state index contributed by atoms with van der Waals surface area (Å²) in [5, 5.41) is 0. The molecule has 1 unspecified atom stereocenters. The molecule has 0 saturated carbocycles. The maximum absolute atomic E-state index is 12.5. The molecule has 1 rings (SSSR count). The summed E-state index contributed by atoms with van der Waals surface area (Å²) in [6.07, 6.45) is -6.89. The van der Waals surface area contributed by atoms with E-state index in [1.807, 2.05) is 0 Å². The van der Waals surface area contributed by atoms with Crippen LogP contribution in [0.1, 0.15) is 18.2 Å². The molecule has 1 heterocycles. The Hall–Kier alpha value is -1.24. The van der Waals surface area contributed by atoms with Crippen LogP contribution in [-0.2, 0) is 11.7 Å². The third kappa shape index (κ3) is 2.29. The summed E-state index contributed by atoms with van der Waals surface area (Å²) in [5.41, 5.74) is 0.656. The Labute approximate surface area is 88.3 Å². The maximum Gasteiger partial charge on any atom is 0.418 e. The Balaban J connectivity index is 3.35. The third-order valence-electron chi connectivity index (χ3n) is 2.08. The summed E-state index contributed by atoms with van der Waals surface area (Å²) in [6.45, 7) is 0.815. The van der Waals surface area contributed by atoms with Gasteiger partial charge in [0.2, 0.25) is 0 Å². The quantitative estimate of drug-likeness (QED) is 0.807. The van der Waals surface area contributed by atoms with Crippen molar-refractivity contribution in [1.82, 2.24) is 4.98 Å². The second kappa shape index (κ2) is 3.97. The van der Waals surface area contributed by atoms with E-state index in [0.29, 0.717) is 6.07 Å². The van der Waals surface area contributed by atoms with Gasteiger partial charge in [-0.05, 0) is 19.1 Å². The van der Waals surface area contributed by atoms with E-state index in [2.05, 4.69) is 4.98 Å². The molecular formula is C9H9F5N2. The van der Waals surface area contributed by atoms with Gasteiger partial charge in [0, 0.05) is 6.20 Å². The Kier molecular flexibility index (Phi) is 3.18. The Morgan fingerprint density at radius 1 is 1.31 bits per heavy atom. The predicted molar refractivity (Wildman–Crippen MR) is 46.8 cm³/mol. The number of nitrogens with zero attached hydrogens (tertiary/aromatic N) is 1. The summed E-state index contributed by atoms with van der Waals surface area (Å²) in [7, 11) is 0. The lowest BCUT2D eigenvalue weighted by molar-refractivity contribution is -0.139. The van der Waals surface area contributed by atoms with E-state index >= 15 is 0 Å². The molecule has 0 aliphatic rings. The minimum atomic E-state index is -4.75. The molecular weight excluding hydrogens is 231 g/mol. The van der Waals surface area contributed by atoms with Crippen molar-refractivity contribution < 1.29 is 22.0 Å². The first-order valence-electron chi connectivity index (χ1n) is 4.27. The number of pyridine rings is 1. The van der Waals surface area contributed by atoms with E-state index in [1.165, 1.54) is 0 Å². The molecule has 0 aliphatic carbocycles. The molecule has 0 radical (unpaired) electrons. The van der Waals surface area contributed by atoms with Crippen molar-refractivity contribution >= 4 is 0 Å². The number of alkyl halides is 5. The van der Waals surface area contributed by atoms with Crippen LogP contribution in [0.25, 0.3) is 0 Å². The molecule has 1 aromatic heterocycles. The van der Waals surface area contributed by atoms with Crippen LogP contribution in [0.2, 0.25) is 0 Å². The second-order valence-corrected chi connectivity index (χ2v) is 3.48. The van der Waals surface area contributed by atoms with Crippen molar-refractivity contribution in [3.05, 3.63) is 29.6 Å². The molecule has 0 bridgehead atoms. The molecule has 90 valence electrons. The number of aromatic nitrogens is 1. The van der Waals surface area contributed by atoms with Crippen LogP contribution in [0.15, 0.2) is 18.3 Å². The topological polar surface area (TPSA) is 38.9 Å². The molecule has 0 saturated heterocycles. The second-order valence-electron chi connectivity index (χ2n) is 3.48. The zero-order chi connectivity index (χ0) is 12.6. The van der Waals surface area contributed by atoms with Gasteiger partial charge in [0.15, 0.2) is 0 Å². The monoisotopic (exact) mass is 240 g/mol. The maximum atomic E-state index is 12.5. The zero-order valence-corrected chi connectivity index (χ0v) is 8.22. The fraction of sp³-hybridized carbons (Fsp3) is 0.444. The average Bonchev–Trinajstić information content (AvgIpc) is 2.16. The summed E-state index contributed by atoms with van der Waals surface area (Å²) < 4.78 is 62.6. The van der Waals surface area contributed by atoms with Gasteiger partial charge in [-0.1, -0.05) is 0 Å². The van der Waals surface area contributed by atoms with Gasteiger partial charge in [0.05, 0.1) is 11.3 Å². The molecule has 0 spiro atoms. The number of rotatable bonds is 2. The molecule has 0 aliphatic heterocycles. The van der Waals surface area contributed by atoms with Crippen molar-refractivity contribution in [3.8, 4) is 0 Å². The molecule has 7 heteroatoms. The molecule has 16 heavy (non-hydrogen) atoms. The molecule has 0 aromatic carbocycles. The fourth-order valence-corrected chi connectivity index (χ4v) is 1.17. The SMILES string of the molecule is CC(N)(c1ncccc1C(F)(F)F)C(F)F. The standard InChI is InChI=1S/C9H9F5N2/c1-8(15,7(10)11)6-5(9(12,13)14)3-2-4-16-6/h2-4,7H,15H2,1H3. The first kappa shape index (κ1) is 12.8. The molecule has 1 aromatic rings. The van der Waals surface area contributed by atoms with Gasteiger partial charge < -0.3 is 5.73 Å². The lowest BCUT2D eigenvalue weighted by Crippen LogP contribution is -2.43. The normalized spacial score (nSPS) is 16.2. The highest BCUT2D eigenvalue weighted by Gasteiger charge is 2.43. The average molecular weight is 240 g/mol. The van der Waals surface area contributed by atoms with E-state index in [1.54, 1.807) is 0 Å². The zero-order valence-electron chi connectivity index (χ0n) is 8.22. The van der Waals surface area contributed by atoms with Crippen LogP contribution in [0.3, 0.4) is 0 Å². The van der Waals surface area contributed by atoms with Crippen LogP contribution in [0.5, 0.6) is 0 Å². The molecule has 0 fully saturated rings. The van der Waals surface area contributed by atoms with Crippen molar-refractivity contribution in [2.45, 2.75) is 25.1 Å². The first-order valence-corrected chi connectivity index (χ1v) is 4.27. The van der Waals surface area contributed by atoms with Gasteiger partial charge >= 0.3 is 6.18 Å². The number of nitrogens with two attached hydrogens (primary N) is 1. The molecule has 1 atom stereocenters. The highest BCUT2D eigenvalue weighted by Crippen LogP contribution is 2.36. The van der Waals surface area contributed by atoms with Crippen LogP contribution < -0.4 is 5.73 Å². The number of hydrogen-bond acceptors (Lipinski definition) is 2. The van der Waals surface area contributed by atoms with Crippen LogP contribution in [0, 0.1) is 0 Å². The van der Waals surface area contributed by atoms with Crippen molar-refractivity contribution in [2.75, 3.05) is 0 Å². The summed E-state index contributed by atoms with van der Waals surface area (Å²) in [5.74, 6) is 0. The molecule has 2 N–H and O–H groups in total. The smallest absolute Gasteiger partial charge is 0.316 e. The summed E-state index contributed by atoms with van der Waals surface area (Å²) in [6, 6.07) is 1.70. The van der Waals surface area contributed by atoms with Crippen LogP contribution in [0.4, 0.5) is 22.0 Å². The van der Waals surface area contributed by atoms with Gasteiger partial charge in [-0.25, -0.2) is 8.78 Å². The minimum absolute atomic E-state index is 0.676. The van der Waals surface area contributed by atoms with Gasteiger partial charge in [0.1, 0.15) is 5.54 Å². The lowest BCUT2D eigenvalue weighted by atomic mass is 9.94. The van der Waals surface area contributed by atoms with E-state index in [-0.39, 0.29) is 0 Å². The molecule has 0 amide bonds. The summed E-state index contributed by atoms with van der Waals surface area (Å²) in [4.78, 5) is 3.31. The predicted octanol–water partition coefficient (Wildman–Crippen LogP) is 2.54. The fourth-order valence-electron chi connectivity index (χ4n) is 1.17. The van der Waals surface area contributed by atoms with Gasteiger partial charge in [0.25, 0.3) is 6.43 Å². The highest BCUT2D eigenvalue weighted by atomic mass is 19.4. The lowest BCUT2D eigenvalue weighted by Gasteiger charge is -2.25. The van der Waals surface area contributed by atoms with E-state index in [9.17, 15) is 22.0 Å². The van der Waals surface area contributed by atoms with Crippen molar-refractivity contribution in [1.29, 1.82) is 0 Å². The van der Waals surface area contributed by atoms with E-state index in [4.69, 9.17) is 5.73 Å². The first-order chi connectivity index (χ1) is 7.17. The summed E-state index contributed by atoms with van der Waals surface area (Å²) >= 11 is 0. The largest absolute Gasteiger partial charge is 0.418 e. The van der Waals surface area contributed by atoms with Gasteiger partial charge in [-0.2, -0.15) is 13.2 Å². The Morgan fingerprint density at radius 2 is 1.88 bits per heavy atom. The van der Waals surface area contributed by atoms with Crippen LogP contribution in [-0.4, -0.2) is 11.4 Å². The van der Waals surface area contributed by atoms with Crippen molar-refractivity contribution in [3.63, 3.8) is 0 Å². The third-order valence-corrected chi connectivity index (χ3v) is 2.08. The molecule has 2 nitrogen and oxygen atoms in total. The van der Waals surface area contributed by atoms with Crippen molar-refractivity contribution in [2.24, 2.45) is 5.73 Å². The van der Waals surface area contributed by atoms with E-state index in [0.717, 1.165) is 19.2 Å². The Bertz CT molecular complexity index is 372.